The van der Waals surface area contributed by atoms with Crippen LogP contribution in [0.2, 0.25) is 0 Å². The molecule has 0 bridgehead atoms. The lowest BCUT2D eigenvalue weighted by Gasteiger charge is -2.10. The molecule has 0 atom stereocenters. The van der Waals surface area contributed by atoms with E-state index in [1.165, 1.54) is 13.2 Å². The van der Waals surface area contributed by atoms with E-state index in [0.717, 1.165) is 5.56 Å². The predicted molar refractivity (Wildman–Crippen MR) is 75.7 cm³/mol. The number of methoxy groups -OCH3 is 1. The molecule has 2 aromatic rings. The maximum Gasteiger partial charge on any atom is 0.371 e. The van der Waals surface area contributed by atoms with E-state index in [-0.39, 0.29) is 5.76 Å². The largest absolute Gasteiger partial charge is 0.493 e. The van der Waals surface area contributed by atoms with Crippen molar-refractivity contribution in [3.8, 4) is 11.5 Å². The van der Waals surface area contributed by atoms with Gasteiger partial charge in [0.05, 0.1) is 7.11 Å². The van der Waals surface area contributed by atoms with Gasteiger partial charge in [-0.1, -0.05) is 42.5 Å². The standard InChI is InChI=1S/C16H14O4/c1-19-13-9-5-6-10-14(13)20-15(16(17)18)11-12-7-3-2-4-8-12/h2-11H,1H3,(H,17,18). The topological polar surface area (TPSA) is 55.8 Å². The molecule has 4 heteroatoms. The first-order valence-electron chi connectivity index (χ1n) is 6.01. The van der Waals surface area contributed by atoms with Crippen LogP contribution in [0.5, 0.6) is 11.5 Å². The summed E-state index contributed by atoms with van der Waals surface area (Å²) in [5.74, 6) is -0.465. The van der Waals surface area contributed by atoms with Crippen molar-refractivity contribution in [2.45, 2.75) is 0 Å². The average molecular weight is 270 g/mol. The van der Waals surface area contributed by atoms with Gasteiger partial charge in [0, 0.05) is 0 Å². The molecule has 0 aliphatic rings. The molecule has 0 saturated heterocycles. The third-order valence-electron chi connectivity index (χ3n) is 2.60. The van der Waals surface area contributed by atoms with Crippen molar-refractivity contribution in [1.29, 1.82) is 0 Å². The Hall–Kier alpha value is -2.75. The van der Waals surface area contributed by atoms with Crippen LogP contribution in [0.3, 0.4) is 0 Å². The van der Waals surface area contributed by atoms with Crippen LogP contribution in [0.25, 0.3) is 6.08 Å². The summed E-state index contributed by atoms with van der Waals surface area (Å²) in [6.07, 6.45) is 1.47. The van der Waals surface area contributed by atoms with Crippen molar-refractivity contribution in [3.63, 3.8) is 0 Å². The lowest BCUT2D eigenvalue weighted by atomic mass is 10.2. The van der Waals surface area contributed by atoms with Gasteiger partial charge in [0.1, 0.15) is 0 Å². The van der Waals surface area contributed by atoms with Gasteiger partial charge in [-0.3, -0.25) is 0 Å². The number of rotatable bonds is 5. The van der Waals surface area contributed by atoms with Crippen LogP contribution >= 0.6 is 0 Å². The van der Waals surface area contributed by atoms with E-state index in [1.807, 2.05) is 18.2 Å². The Bertz CT molecular complexity index is 617. The second kappa shape index (κ2) is 6.43. The molecular formula is C16H14O4. The zero-order valence-electron chi connectivity index (χ0n) is 10.9. The Morgan fingerprint density at radius 2 is 1.60 bits per heavy atom. The van der Waals surface area contributed by atoms with Crippen LogP contribution in [-0.2, 0) is 4.79 Å². The molecule has 0 saturated carbocycles. The minimum atomic E-state index is -1.14. The second-order valence-electron chi connectivity index (χ2n) is 3.98. The molecule has 4 nitrogen and oxygen atoms in total. The molecule has 20 heavy (non-hydrogen) atoms. The minimum absolute atomic E-state index is 0.166. The molecular weight excluding hydrogens is 256 g/mol. The van der Waals surface area contributed by atoms with Gasteiger partial charge in [-0.2, -0.15) is 0 Å². The SMILES string of the molecule is COc1ccccc1OC(=Cc1ccccc1)C(=O)O. The van der Waals surface area contributed by atoms with E-state index in [0.29, 0.717) is 11.5 Å². The van der Waals surface area contributed by atoms with Crippen molar-refractivity contribution in [1.82, 2.24) is 0 Å². The normalized spacial score (nSPS) is 10.9. The maximum absolute atomic E-state index is 11.3. The molecule has 102 valence electrons. The fraction of sp³-hybridized carbons (Fsp3) is 0.0625. The first kappa shape index (κ1) is 13.7. The number of hydrogen-bond donors (Lipinski definition) is 1. The molecule has 0 aliphatic carbocycles. The summed E-state index contributed by atoms with van der Waals surface area (Å²) < 4.78 is 10.6. The lowest BCUT2D eigenvalue weighted by molar-refractivity contribution is -0.134. The zero-order chi connectivity index (χ0) is 14.4. The highest BCUT2D eigenvalue weighted by Crippen LogP contribution is 2.28. The number of ether oxygens (including phenoxy) is 2. The maximum atomic E-state index is 11.3. The molecule has 1 N–H and O–H groups in total. The third kappa shape index (κ3) is 3.38. The van der Waals surface area contributed by atoms with E-state index in [9.17, 15) is 9.90 Å². The first-order valence-corrected chi connectivity index (χ1v) is 6.01. The second-order valence-corrected chi connectivity index (χ2v) is 3.98. The van der Waals surface area contributed by atoms with Crippen LogP contribution in [0.1, 0.15) is 5.56 Å². The van der Waals surface area contributed by atoms with Gasteiger partial charge < -0.3 is 14.6 Å². The summed E-state index contributed by atoms with van der Waals surface area (Å²) in [4.78, 5) is 11.3. The van der Waals surface area contributed by atoms with Crippen molar-refractivity contribution < 1.29 is 19.4 Å². The number of carboxylic acids is 1. The van der Waals surface area contributed by atoms with E-state index in [2.05, 4.69) is 0 Å². The molecule has 0 heterocycles. The van der Waals surface area contributed by atoms with E-state index in [4.69, 9.17) is 9.47 Å². The molecule has 0 aliphatic heterocycles. The van der Waals surface area contributed by atoms with Crippen LogP contribution < -0.4 is 9.47 Å². The van der Waals surface area contributed by atoms with Gasteiger partial charge in [-0.25, -0.2) is 4.79 Å². The summed E-state index contributed by atoms with van der Waals surface area (Å²) in [6, 6.07) is 16.0. The first-order chi connectivity index (χ1) is 9.70. The fourth-order valence-corrected chi connectivity index (χ4v) is 1.66. The molecule has 2 aromatic carbocycles. The van der Waals surface area contributed by atoms with Crippen molar-refractivity contribution in [3.05, 3.63) is 65.9 Å². The van der Waals surface area contributed by atoms with Crippen molar-refractivity contribution in [2.24, 2.45) is 0 Å². The molecule has 0 radical (unpaired) electrons. The Morgan fingerprint density at radius 3 is 2.20 bits per heavy atom. The van der Waals surface area contributed by atoms with E-state index < -0.39 is 5.97 Å². The smallest absolute Gasteiger partial charge is 0.371 e. The predicted octanol–water partition coefficient (Wildman–Crippen LogP) is 3.20. The van der Waals surface area contributed by atoms with E-state index >= 15 is 0 Å². The third-order valence-corrected chi connectivity index (χ3v) is 2.60. The molecule has 2 rings (SSSR count). The van der Waals surface area contributed by atoms with Gasteiger partial charge >= 0.3 is 5.97 Å². The monoisotopic (exact) mass is 270 g/mol. The van der Waals surface area contributed by atoms with Gasteiger partial charge in [0.2, 0.25) is 5.76 Å². The van der Waals surface area contributed by atoms with Crippen molar-refractivity contribution >= 4 is 12.0 Å². The van der Waals surface area contributed by atoms with Gasteiger partial charge in [-0.05, 0) is 23.8 Å². The Labute approximate surface area is 116 Å². The highest BCUT2D eigenvalue weighted by Gasteiger charge is 2.13. The average Bonchev–Trinajstić information content (AvgIpc) is 2.48. The lowest BCUT2D eigenvalue weighted by Crippen LogP contribution is -2.08. The number of carboxylic acid groups (broad SMARTS) is 1. The number of benzene rings is 2. The molecule has 0 aromatic heterocycles. The van der Waals surface area contributed by atoms with Gasteiger partial charge in [0.25, 0.3) is 0 Å². The summed E-state index contributed by atoms with van der Waals surface area (Å²) >= 11 is 0. The molecule has 0 unspecified atom stereocenters. The van der Waals surface area contributed by atoms with Crippen molar-refractivity contribution in [2.75, 3.05) is 7.11 Å². The molecule has 0 amide bonds. The van der Waals surface area contributed by atoms with Crippen LogP contribution in [-0.4, -0.2) is 18.2 Å². The van der Waals surface area contributed by atoms with Crippen LogP contribution in [0.4, 0.5) is 0 Å². The minimum Gasteiger partial charge on any atom is -0.493 e. The van der Waals surface area contributed by atoms with Gasteiger partial charge in [0.15, 0.2) is 11.5 Å². The summed E-state index contributed by atoms with van der Waals surface area (Å²) in [7, 11) is 1.50. The van der Waals surface area contributed by atoms with Crippen LogP contribution in [0.15, 0.2) is 60.4 Å². The Balaban J connectivity index is 2.31. The molecule has 0 fully saturated rings. The Kier molecular flexibility index (Phi) is 4.39. The summed E-state index contributed by atoms with van der Waals surface area (Å²) in [5.41, 5.74) is 0.750. The number of hydrogen-bond acceptors (Lipinski definition) is 3. The number of aliphatic carboxylic acids is 1. The van der Waals surface area contributed by atoms with Crippen LogP contribution in [0, 0.1) is 0 Å². The highest BCUT2D eigenvalue weighted by molar-refractivity contribution is 5.90. The molecule has 0 spiro atoms. The van der Waals surface area contributed by atoms with E-state index in [1.54, 1.807) is 36.4 Å². The van der Waals surface area contributed by atoms with Gasteiger partial charge in [-0.15, -0.1) is 0 Å². The number of para-hydroxylation sites is 2. The number of carbonyl (C=O) groups is 1. The zero-order valence-corrected chi connectivity index (χ0v) is 10.9. The summed E-state index contributed by atoms with van der Waals surface area (Å²) in [5, 5.41) is 9.23. The highest BCUT2D eigenvalue weighted by atomic mass is 16.5. The Morgan fingerprint density at radius 1 is 1.00 bits per heavy atom. The fourth-order valence-electron chi connectivity index (χ4n) is 1.66. The summed E-state index contributed by atoms with van der Waals surface area (Å²) in [6.45, 7) is 0. The quantitative estimate of drug-likeness (QED) is 0.669.